The summed E-state index contributed by atoms with van der Waals surface area (Å²) in [5.74, 6) is 0. The summed E-state index contributed by atoms with van der Waals surface area (Å²) in [5, 5.41) is 8.62. The third-order valence-electron chi connectivity index (χ3n) is 3.29. The van der Waals surface area contributed by atoms with Crippen molar-refractivity contribution >= 4 is 40.3 Å². The fraction of sp³-hybridized carbons (Fsp3) is 0.176. The van der Waals surface area contributed by atoms with Gasteiger partial charge in [0.05, 0.1) is 5.71 Å². The first-order valence-corrected chi connectivity index (χ1v) is 7.69. The van der Waals surface area contributed by atoms with E-state index in [-0.39, 0.29) is 0 Å². The molecule has 0 atom stereocenters. The molecule has 0 aliphatic carbocycles. The number of hydrogen-bond donors (Lipinski definition) is 2. The van der Waals surface area contributed by atoms with E-state index in [1.165, 1.54) is 0 Å². The molecule has 2 aromatic rings. The van der Waals surface area contributed by atoms with Gasteiger partial charge in [0.15, 0.2) is 5.11 Å². The number of halogens is 1. The molecule has 0 saturated heterocycles. The molecule has 22 heavy (non-hydrogen) atoms. The van der Waals surface area contributed by atoms with Crippen molar-refractivity contribution in [3.8, 4) is 0 Å². The molecule has 0 spiro atoms. The highest BCUT2D eigenvalue weighted by Gasteiger charge is 2.04. The van der Waals surface area contributed by atoms with E-state index in [1.807, 2.05) is 63.2 Å². The van der Waals surface area contributed by atoms with Gasteiger partial charge in [-0.2, -0.15) is 5.10 Å². The van der Waals surface area contributed by atoms with Crippen molar-refractivity contribution < 1.29 is 0 Å². The number of nitrogens with one attached hydrogen (secondary N) is 2. The van der Waals surface area contributed by atoms with E-state index < -0.39 is 0 Å². The second kappa shape index (κ2) is 7.38. The normalized spacial score (nSPS) is 11.2. The summed E-state index contributed by atoms with van der Waals surface area (Å²) in [4.78, 5) is 0. The number of hydrogen-bond acceptors (Lipinski definition) is 2. The van der Waals surface area contributed by atoms with Crippen LogP contribution in [0.15, 0.2) is 47.6 Å². The molecule has 114 valence electrons. The van der Waals surface area contributed by atoms with Crippen molar-refractivity contribution in [2.75, 3.05) is 5.32 Å². The van der Waals surface area contributed by atoms with Crippen LogP contribution in [0.5, 0.6) is 0 Å². The first-order chi connectivity index (χ1) is 10.5. The molecule has 0 unspecified atom stereocenters. The van der Waals surface area contributed by atoms with Crippen LogP contribution < -0.4 is 10.7 Å². The minimum atomic E-state index is 0.457. The van der Waals surface area contributed by atoms with E-state index in [1.54, 1.807) is 0 Å². The summed E-state index contributed by atoms with van der Waals surface area (Å²) in [5.41, 5.74) is 7.92. The van der Waals surface area contributed by atoms with Gasteiger partial charge in [-0.1, -0.05) is 41.9 Å². The van der Waals surface area contributed by atoms with Gasteiger partial charge in [0.1, 0.15) is 0 Å². The first kappa shape index (κ1) is 16.5. The third-order valence-corrected chi connectivity index (χ3v) is 3.72. The van der Waals surface area contributed by atoms with Gasteiger partial charge in [-0.25, -0.2) is 0 Å². The predicted octanol–water partition coefficient (Wildman–Crippen LogP) is 4.67. The molecule has 0 aromatic heterocycles. The molecule has 0 fully saturated rings. The van der Waals surface area contributed by atoms with Crippen molar-refractivity contribution in [1.82, 2.24) is 5.43 Å². The largest absolute Gasteiger partial charge is 0.331 e. The van der Waals surface area contributed by atoms with Gasteiger partial charge in [-0.15, -0.1) is 0 Å². The smallest absolute Gasteiger partial charge is 0.191 e. The lowest BCUT2D eigenvalue weighted by Gasteiger charge is -2.13. The molecule has 2 rings (SSSR count). The van der Waals surface area contributed by atoms with Crippen LogP contribution in [0.25, 0.3) is 0 Å². The summed E-state index contributed by atoms with van der Waals surface area (Å²) in [6, 6.07) is 13.6. The monoisotopic (exact) mass is 331 g/mol. The van der Waals surface area contributed by atoms with Gasteiger partial charge in [0, 0.05) is 10.7 Å². The molecule has 0 aliphatic rings. The molecule has 2 aromatic carbocycles. The molecule has 0 radical (unpaired) electrons. The maximum Gasteiger partial charge on any atom is 0.191 e. The Balaban J connectivity index is 2.05. The molecular weight excluding hydrogens is 314 g/mol. The highest BCUT2D eigenvalue weighted by molar-refractivity contribution is 7.80. The number of aryl methyl sites for hydroxylation is 2. The number of anilines is 1. The molecular formula is C17H18ClN3S. The minimum Gasteiger partial charge on any atom is -0.331 e. The number of para-hydroxylation sites is 1. The van der Waals surface area contributed by atoms with Gasteiger partial charge in [0.2, 0.25) is 0 Å². The van der Waals surface area contributed by atoms with Gasteiger partial charge >= 0.3 is 0 Å². The van der Waals surface area contributed by atoms with Crippen molar-refractivity contribution in [2.45, 2.75) is 20.8 Å². The van der Waals surface area contributed by atoms with Crippen LogP contribution in [0, 0.1) is 13.8 Å². The molecule has 0 aliphatic heterocycles. The highest BCUT2D eigenvalue weighted by Crippen LogP contribution is 2.19. The molecule has 0 amide bonds. The van der Waals surface area contributed by atoms with E-state index in [0.717, 1.165) is 28.1 Å². The zero-order valence-corrected chi connectivity index (χ0v) is 14.3. The number of rotatable bonds is 3. The maximum atomic E-state index is 5.98. The van der Waals surface area contributed by atoms with E-state index in [9.17, 15) is 0 Å². The van der Waals surface area contributed by atoms with Crippen molar-refractivity contribution in [1.29, 1.82) is 0 Å². The van der Waals surface area contributed by atoms with E-state index in [0.29, 0.717) is 10.1 Å². The Morgan fingerprint density at radius 3 is 2.36 bits per heavy atom. The van der Waals surface area contributed by atoms with Gasteiger partial charge in [0.25, 0.3) is 0 Å². The zero-order valence-electron chi connectivity index (χ0n) is 12.8. The number of benzene rings is 2. The lowest BCUT2D eigenvalue weighted by atomic mass is 10.1. The van der Waals surface area contributed by atoms with Crippen molar-refractivity contribution in [3.05, 3.63) is 64.2 Å². The fourth-order valence-corrected chi connectivity index (χ4v) is 2.40. The quantitative estimate of drug-likeness (QED) is 0.487. The van der Waals surface area contributed by atoms with Crippen LogP contribution in [-0.4, -0.2) is 10.8 Å². The molecule has 5 heteroatoms. The van der Waals surface area contributed by atoms with Gasteiger partial charge in [-0.05, 0) is 61.8 Å². The Hall–Kier alpha value is -1.91. The minimum absolute atomic E-state index is 0.457. The van der Waals surface area contributed by atoms with E-state index in [2.05, 4.69) is 15.8 Å². The molecule has 0 bridgehead atoms. The van der Waals surface area contributed by atoms with E-state index in [4.69, 9.17) is 23.8 Å². The van der Waals surface area contributed by atoms with Crippen LogP contribution in [0.2, 0.25) is 5.02 Å². The third kappa shape index (κ3) is 4.29. The molecule has 2 N–H and O–H groups in total. The summed E-state index contributed by atoms with van der Waals surface area (Å²) in [6.07, 6.45) is 0. The van der Waals surface area contributed by atoms with Crippen LogP contribution in [0.1, 0.15) is 23.6 Å². The van der Waals surface area contributed by atoms with Crippen LogP contribution >= 0.6 is 23.8 Å². The molecule has 3 nitrogen and oxygen atoms in total. The summed E-state index contributed by atoms with van der Waals surface area (Å²) in [7, 11) is 0. The Morgan fingerprint density at radius 1 is 1.09 bits per heavy atom. The predicted molar refractivity (Wildman–Crippen MR) is 98.9 cm³/mol. The number of hydrazone groups is 1. The summed E-state index contributed by atoms with van der Waals surface area (Å²) >= 11 is 11.3. The zero-order chi connectivity index (χ0) is 16.1. The van der Waals surface area contributed by atoms with Crippen LogP contribution in [0.3, 0.4) is 0 Å². The average molecular weight is 332 g/mol. The van der Waals surface area contributed by atoms with Crippen molar-refractivity contribution in [3.63, 3.8) is 0 Å². The van der Waals surface area contributed by atoms with Gasteiger partial charge < -0.3 is 5.32 Å². The first-order valence-electron chi connectivity index (χ1n) is 6.91. The highest BCUT2D eigenvalue weighted by atomic mass is 35.5. The topological polar surface area (TPSA) is 36.4 Å². The van der Waals surface area contributed by atoms with Crippen LogP contribution in [0.4, 0.5) is 5.69 Å². The Labute approximate surface area is 141 Å². The van der Waals surface area contributed by atoms with Crippen LogP contribution in [-0.2, 0) is 0 Å². The van der Waals surface area contributed by atoms with E-state index >= 15 is 0 Å². The van der Waals surface area contributed by atoms with Crippen molar-refractivity contribution in [2.24, 2.45) is 5.10 Å². The SMILES string of the molecule is C/C(=N\NC(=S)Nc1c(C)cccc1C)c1cccc(Cl)c1. The standard InChI is InChI=1S/C17H18ClN3S/c1-11-6-4-7-12(2)16(11)19-17(22)21-20-13(3)14-8-5-9-15(18)10-14/h4-10H,1-3H3,(H2,19,21,22)/b20-13+. The fourth-order valence-electron chi connectivity index (χ4n) is 2.07. The Kier molecular flexibility index (Phi) is 5.52. The Bertz CT molecular complexity index is 705. The summed E-state index contributed by atoms with van der Waals surface area (Å²) < 4.78 is 0. The second-order valence-corrected chi connectivity index (χ2v) is 5.88. The van der Waals surface area contributed by atoms with Gasteiger partial charge in [-0.3, -0.25) is 5.43 Å². The second-order valence-electron chi connectivity index (χ2n) is 5.04. The molecule has 0 heterocycles. The Morgan fingerprint density at radius 2 is 1.73 bits per heavy atom. The number of thiocarbonyl (C=S) groups is 1. The number of nitrogens with zero attached hydrogens (tertiary/aromatic N) is 1. The molecule has 0 saturated carbocycles. The lowest BCUT2D eigenvalue weighted by Crippen LogP contribution is -2.25. The summed E-state index contributed by atoms with van der Waals surface area (Å²) in [6.45, 7) is 5.98. The lowest BCUT2D eigenvalue weighted by molar-refractivity contribution is 1.04. The maximum absolute atomic E-state index is 5.98. The average Bonchev–Trinajstić information content (AvgIpc) is 2.48.